The molecule has 138 valence electrons. The molecule has 1 aliphatic heterocycles. The Hall–Kier alpha value is -2.37. The smallest absolute Gasteiger partial charge is 0.211 e. The zero-order chi connectivity index (χ0) is 18.7. The van der Waals surface area contributed by atoms with E-state index in [1.54, 1.807) is 18.2 Å². The molecule has 1 aromatic heterocycles. The molecule has 8 heteroatoms. The number of nitriles is 1. The third-order valence-corrected chi connectivity index (χ3v) is 5.72. The fourth-order valence-corrected chi connectivity index (χ4v) is 3.92. The van der Waals surface area contributed by atoms with Crippen molar-refractivity contribution in [1.82, 2.24) is 13.9 Å². The molecule has 0 aliphatic carbocycles. The van der Waals surface area contributed by atoms with Gasteiger partial charge in [-0.1, -0.05) is 0 Å². The van der Waals surface area contributed by atoms with Crippen LogP contribution in [0.2, 0.25) is 0 Å². The highest BCUT2D eigenvalue weighted by atomic mass is 32.2. The van der Waals surface area contributed by atoms with Gasteiger partial charge in [0.15, 0.2) is 0 Å². The van der Waals surface area contributed by atoms with Crippen LogP contribution in [-0.2, 0) is 36.1 Å². The summed E-state index contributed by atoms with van der Waals surface area (Å²) >= 11 is 0. The van der Waals surface area contributed by atoms with Crippen molar-refractivity contribution in [2.45, 2.75) is 38.9 Å². The quantitative estimate of drug-likeness (QED) is 0.772. The van der Waals surface area contributed by atoms with Crippen molar-refractivity contribution < 1.29 is 13.2 Å². The molecule has 2 aromatic rings. The second-order valence-electron chi connectivity index (χ2n) is 6.47. The van der Waals surface area contributed by atoms with Crippen LogP contribution in [0.4, 0.5) is 0 Å². The molecule has 7 nitrogen and oxygen atoms in total. The molecule has 0 atom stereocenters. The molecule has 26 heavy (non-hydrogen) atoms. The number of fused-ring (bicyclic) bond motifs is 1. The van der Waals surface area contributed by atoms with Gasteiger partial charge in [-0.25, -0.2) is 13.4 Å². The van der Waals surface area contributed by atoms with Crippen molar-refractivity contribution in [3.05, 3.63) is 47.0 Å². The van der Waals surface area contributed by atoms with Crippen molar-refractivity contribution in [1.29, 1.82) is 5.26 Å². The second-order valence-corrected chi connectivity index (χ2v) is 8.45. The highest BCUT2D eigenvalue weighted by molar-refractivity contribution is 7.88. The SMILES string of the molecule is COc1ccc(C#N)cc1CN(Cc1cn2c(n1)CCCC2)S(C)(=O)=O. The van der Waals surface area contributed by atoms with Crippen LogP contribution in [0.5, 0.6) is 5.75 Å². The monoisotopic (exact) mass is 374 g/mol. The van der Waals surface area contributed by atoms with Gasteiger partial charge in [0.05, 0.1) is 37.2 Å². The Labute approximate surface area is 153 Å². The summed E-state index contributed by atoms with van der Waals surface area (Å²) in [4.78, 5) is 4.60. The van der Waals surface area contributed by atoms with E-state index in [0.29, 0.717) is 16.9 Å². The number of hydrogen-bond acceptors (Lipinski definition) is 5. The molecular formula is C18H22N4O3S. The minimum atomic E-state index is -3.46. The average molecular weight is 374 g/mol. The van der Waals surface area contributed by atoms with Gasteiger partial charge in [-0.05, 0) is 31.0 Å². The maximum absolute atomic E-state index is 12.3. The number of methoxy groups -OCH3 is 1. The number of ether oxygens (including phenoxy) is 1. The fraction of sp³-hybridized carbons (Fsp3) is 0.444. The Morgan fingerprint density at radius 1 is 1.35 bits per heavy atom. The maximum Gasteiger partial charge on any atom is 0.211 e. The number of sulfonamides is 1. The van der Waals surface area contributed by atoms with Crippen molar-refractivity contribution in [3.8, 4) is 11.8 Å². The standard InChI is InChI=1S/C18H22N4O3S/c1-25-17-7-6-14(10-19)9-15(17)11-22(26(2,23)24)13-16-12-21-8-4-3-5-18(21)20-16/h6-7,9,12H,3-5,8,11,13H2,1-2H3. The summed E-state index contributed by atoms with van der Waals surface area (Å²) in [6, 6.07) is 7.07. The summed E-state index contributed by atoms with van der Waals surface area (Å²) < 4.78 is 33.4. The number of imidazole rings is 1. The van der Waals surface area contributed by atoms with Crippen molar-refractivity contribution in [3.63, 3.8) is 0 Å². The van der Waals surface area contributed by atoms with Crippen LogP contribution in [-0.4, -0.2) is 35.6 Å². The van der Waals surface area contributed by atoms with Gasteiger partial charge in [0, 0.05) is 31.3 Å². The fourth-order valence-electron chi connectivity index (χ4n) is 3.18. The summed E-state index contributed by atoms with van der Waals surface area (Å²) in [6.45, 7) is 1.25. The maximum atomic E-state index is 12.3. The van der Waals surface area contributed by atoms with Crippen LogP contribution < -0.4 is 4.74 Å². The predicted molar refractivity (Wildman–Crippen MR) is 97.0 cm³/mol. The molecule has 0 spiro atoms. The van der Waals surface area contributed by atoms with Gasteiger partial charge in [0.25, 0.3) is 0 Å². The van der Waals surface area contributed by atoms with E-state index < -0.39 is 10.0 Å². The van der Waals surface area contributed by atoms with Crippen molar-refractivity contribution >= 4 is 10.0 Å². The number of nitrogens with zero attached hydrogens (tertiary/aromatic N) is 4. The molecule has 0 fully saturated rings. The van der Waals surface area contributed by atoms with E-state index in [1.807, 2.05) is 6.20 Å². The van der Waals surface area contributed by atoms with Crippen molar-refractivity contribution in [2.75, 3.05) is 13.4 Å². The molecular weight excluding hydrogens is 352 g/mol. The van der Waals surface area contributed by atoms with E-state index in [1.165, 1.54) is 17.7 Å². The largest absolute Gasteiger partial charge is 0.496 e. The van der Waals surface area contributed by atoms with E-state index in [0.717, 1.165) is 37.3 Å². The molecule has 0 amide bonds. The third-order valence-electron chi connectivity index (χ3n) is 4.52. The highest BCUT2D eigenvalue weighted by Crippen LogP contribution is 2.24. The van der Waals surface area contributed by atoms with E-state index in [2.05, 4.69) is 15.6 Å². The first-order chi connectivity index (χ1) is 12.4. The highest BCUT2D eigenvalue weighted by Gasteiger charge is 2.22. The lowest BCUT2D eigenvalue weighted by atomic mass is 10.1. The van der Waals surface area contributed by atoms with Crippen molar-refractivity contribution in [2.24, 2.45) is 0 Å². The number of aryl methyl sites for hydroxylation is 2. The Balaban J connectivity index is 1.88. The molecule has 1 aliphatic rings. The molecule has 2 heterocycles. The molecule has 0 unspecified atom stereocenters. The van der Waals surface area contributed by atoms with Crippen LogP contribution in [0.15, 0.2) is 24.4 Å². The first-order valence-electron chi connectivity index (χ1n) is 8.48. The lowest BCUT2D eigenvalue weighted by Crippen LogP contribution is -2.29. The van der Waals surface area contributed by atoms with Gasteiger partial charge in [-0.2, -0.15) is 9.57 Å². The lowest BCUT2D eigenvalue weighted by Gasteiger charge is -2.20. The van der Waals surface area contributed by atoms with Crippen LogP contribution in [0, 0.1) is 11.3 Å². The lowest BCUT2D eigenvalue weighted by molar-refractivity contribution is 0.375. The van der Waals surface area contributed by atoms with Gasteiger partial charge >= 0.3 is 0 Å². The minimum absolute atomic E-state index is 0.125. The van der Waals surface area contributed by atoms with Crippen LogP contribution >= 0.6 is 0 Å². The zero-order valence-electron chi connectivity index (χ0n) is 15.0. The third kappa shape index (κ3) is 4.06. The second kappa shape index (κ2) is 7.48. The van der Waals surface area contributed by atoms with E-state index in [9.17, 15) is 8.42 Å². The summed E-state index contributed by atoms with van der Waals surface area (Å²) in [5.41, 5.74) is 1.86. The molecule has 0 saturated heterocycles. The molecule has 0 bridgehead atoms. The average Bonchev–Trinajstić information content (AvgIpc) is 3.02. The van der Waals surface area contributed by atoms with Gasteiger partial charge in [-0.15, -0.1) is 0 Å². The van der Waals surface area contributed by atoms with Gasteiger partial charge in [0.2, 0.25) is 10.0 Å². The Morgan fingerprint density at radius 3 is 2.81 bits per heavy atom. The predicted octanol–water partition coefficient (Wildman–Crippen LogP) is 2.06. The number of benzene rings is 1. The van der Waals surface area contributed by atoms with Crippen LogP contribution in [0.3, 0.4) is 0 Å². The summed E-state index contributed by atoms with van der Waals surface area (Å²) in [6.07, 6.45) is 6.29. The Bertz CT molecular complexity index is 920. The van der Waals surface area contributed by atoms with E-state index >= 15 is 0 Å². The Morgan fingerprint density at radius 2 is 2.15 bits per heavy atom. The minimum Gasteiger partial charge on any atom is -0.496 e. The first kappa shape index (κ1) is 18.4. The zero-order valence-corrected chi connectivity index (χ0v) is 15.8. The van der Waals surface area contributed by atoms with Gasteiger partial charge in [0.1, 0.15) is 11.6 Å². The summed E-state index contributed by atoms with van der Waals surface area (Å²) in [5.74, 6) is 1.57. The summed E-state index contributed by atoms with van der Waals surface area (Å²) in [5, 5.41) is 9.11. The van der Waals surface area contributed by atoms with Crippen LogP contribution in [0.25, 0.3) is 0 Å². The van der Waals surface area contributed by atoms with Crippen LogP contribution in [0.1, 0.15) is 35.5 Å². The molecule has 0 N–H and O–H groups in total. The molecule has 0 saturated carbocycles. The topological polar surface area (TPSA) is 88.2 Å². The molecule has 1 aromatic carbocycles. The van der Waals surface area contributed by atoms with Gasteiger partial charge < -0.3 is 9.30 Å². The number of hydrogen-bond donors (Lipinski definition) is 0. The Kier molecular flexibility index (Phi) is 5.30. The molecule has 0 radical (unpaired) electrons. The van der Waals surface area contributed by atoms with E-state index in [-0.39, 0.29) is 13.1 Å². The summed E-state index contributed by atoms with van der Waals surface area (Å²) in [7, 11) is -1.93. The van der Waals surface area contributed by atoms with E-state index in [4.69, 9.17) is 10.00 Å². The first-order valence-corrected chi connectivity index (χ1v) is 10.3. The number of aromatic nitrogens is 2. The van der Waals surface area contributed by atoms with Gasteiger partial charge in [-0.3, -0.25) is 0 Å². The number of rotatable bonds is 6. The normalized spacial score (nSPS) is 14.1. The molecule has 3 rings (SSSR count).